The maximum atomic E-state index is 9.34. The minimum Gasteiger partial charge on any atom is -0.491 e. The maximum absolute atomic E-state index is 9.34. The molecule has 0 amide bonds. The number of halogens is 1. The second-order valence-corrected chi connectivity index (χ2v) is 4.20. The second-order valence-electron chi connectivity index (χ2n) is 3.28. The molecular weight excluding hydrogens is 244 g/mol. The summed E-state index contributed by atoms with van der Waals surface area (Å²) in [5, 5.41) is 9.34. The topological polar surface area (TPSA) is 29.5 Å². The Hall–Kier alpha value is -0.540. The summed E-state index contributed by atoms with van der Waals surface area (Å²) in [5.41, 5.74) is 1.08. The lowest BCUT2D eigenvalue weighted by Gasteiger charge is -2.12. The molecule has 0 heterocycles. The number of benzene rings is 1. The van der Waals surface area contributed by atoms with Crippen LogP contribution in [0.2, 0.25) is 0 Å². The highest BCUT2D eigenvalue weighted by molar-refractivity contribution is 9.10. The van der Waals surface area contributed by atoms with Gasteiger partial charge >= 0.3 is 0 Å². The van der Waals surface area contributed by atoms with Gasteiger partial charge in [-0.25, -0.2) is 0 Å². The number of aryl methyl sites for hydroxylation is 1. The lowest BCUT2D eigenvalue weighted by Crippen LogP contribution is -2.16. The monoisotopic (exact) mass is 258 g/mol. The van der Waals surface area contributed by atoms with Gasteiger partial charge in [0.25, 0.3) is 0 Å². The van der Waals surface area contributed by atoms with Gasteiger partial charge in [0.15, 0.2) is 0 Å². The molecule has 0 aliphatic carbocycles. The lowest BCUT2D eigenvalue weighted by molar-refractivity contribution is 0.104. The van der Waals surface area contributed by atoms with E-state index in [9.17, 15) is 5.11 Å². The molecule has 0 aliphatic rings. The highest BCUT2D eigenvalue weighted by Crippen LogP contribution is 2.22. The number of aliphatic hydroxyl groups is 1. The molecule has 14 heavy (non-hydrogen) atoms. The molecule has 0 radical (unpaired) electrons. The van der Waals surface area contributed by atoms with Gasteiger partial charge in [0.2, 0.25) is 0 Å². The molecule has 78 valence electrons. The van der Waals surface area contributed by atoms with Crippen LogP contribution in [0.4, 0.5) is 0 Å². The van der Waals surface area contributed by atoms with Crippen LogP contribution in [0, 0.1) is 6.92 Å². The van der Waals surface area contributed by atoms with Crippen LogP contribution in [0.15, 0.2) is 22.7 Å². The molecule has 1 aromatic rings. The van der Waals surface area contributed by atoms with Crippen molar-refractivity contribution in [3.8, 4) is 5.75 Å². The van der Waals surface area contributed by atoms with E-state index in [1.54, 1.807) is 0 Å². The maximum Gasteiger partial charge on any atom is 0.123 e. The first-order valence-electron chi connectivity index (χ1n) is 4.70. The van der Waals surface area contributed by atoms with Crippen molar-refractivity contribution in [1.82, 2.24) is 0 Å². The Balaban J connectivity index is 2.62. The number of rotatable bonds is 4. The summed E-state index contributed by atoms with van der Waals surface area (Å²) >= 11 is 3.38. The van der Waals surface area contributed by atoms with E-state index in [1.807, 2.05) is 32.0 Å². The molecule has 1 atom stereocenters. The van der Waals surface area contributed by atoms with Crippen LogP contribution in [0.25, 0.3) is 0 Å². The Morgan fingerprint density at radius 2 is 2.21 bits per heavy atom. The van der Waals surface area contributed by atoms with Gasteiger partial charge in [-0.05, 0) is 31.0 Å². The van der Waals surface area contributed by atoms with Crippen molar-refractivity contribution < 1.29 is 9.84 Å². The fourth-order valence-corrected chi connectivity index (χ4v) is 1.37. The third-order valence-electron chi connectivity index (χ3n) is 2.05. The SMILES string of the molecule is CCC(O)COc1cc(Br)ccc1C. The van der Waals surface area contributed by atoms with Crippen LogP contribution in [0.1, 0.15) is 18.9 Å². The third kappa shape index (κ3) is 3.31. The number of hydrogen-bond acceptors (Lipinski definition) is 2. The van der Waals surface area contributed by atoms with Gasteiger partial charge in [0.1, 0.15) is 12.4 Å². The molecule has 0 fully saturated rings. The standard InChI is InChI=1S/C11H15BrO2/c1-3-10(13)7-14-11-6-9(12)5-4-8(11)2/h4-6,10,13H,3,7H2,1-2H3. The Kier molecular flexibility index (Phi) is 4.42. The Morgan fingerprint density at radius 3 is 2.86 bits per heavy atom. The summed E-state index contributed by atoms with van der Waals surface area (Å²) in [6.07, 6.45) is 0.334. The van der Waals surface area contributed by atoms with Crippen LogP contribution in [0.5, 0.6) is 5.75 Å². The first-order chi connectivity index (χ1) is 6.63. The smallest absolute Gasteiger partial charge is 0.123 e. The highest BCUT2D eigenvalue weighted by atomic mass is 79.9. The van der Waals surface area contributed by atoms with Gasteiger partial charge in [-0.2, -0.15) is 0 Å². The number of aliphatic hydroxyl groups excluding tert-OH is 1. The van der Waals surface area contributed by atoms with Gasteiger partial charge in [-0.3, -0.25) is 0 Å². The molecular formula is C11H15BrO2. The molecule has 0 aliphatic heterocycles. The van der Waals surface area contributed by atoms with Gasteiger partial charge < -0.3 is 9.84 Å². The summed E-state index contributed by atoms with van der Waals surface area (Å²) in [6, 6.07) is 5.87. The summed E-state index contributed by atoms with van der Waals surface area (Å²) in [4.78, 5) is 0. The molecule has 0 aromatic heterocycles. The fourth-order valence-electron chi connectivity index (χ4n) is 1.03. The predicted molar refractivity (Wildman–Crippen MR) is 60.7 cm³/mol. The third-order valence-corrected chi connectivity index (χ3v) is 2.55. The lowest BCUT2D eigenvalue weighted by atomic mass is 10.2. The van der Waals surface area contributed by atoms with Gasteiger partial charge in [0, 0.05) is 4.47 Å². The van der Waals surface area contributed by atoms with E-state index in [-0.39, 0.29) is 6.10 Å². The average molecular weight is 259 g/mol. The van der Waals surface area contributed by atoms with E-state index >= 15 is 0 Å². The molecule has 1 rings (SSSR count). The second kappa shape index (κ2) is 5.37. The van der Waals surface area contributed by atoms with E-state index in [4.69, 9.17) is 4.74 Å². The van der Waals surface area contributed by atoms with Crippen molar-refractivity contribution in [1.29, 1.82) is 0 Å². The van der Waals surface area contributed by atoms with E-state index in [2.05, 4.69) is 15.9 Å². The van der Waals surface area contributed by atoms with Crippen molar-refractivity contribution in [3.05, 3.63) is 28.2 Å². The van der Waals surface area contributed by atoms with Crippen LogP contribution in [0.3, 0.4) is 0 Å². The van der Waals surface area contributed by atoms with Crippen molar-refractivity contribution in [3.63, 3.8) is 0 Å². The summed E-state index contributed by atoms with van der Waals surface area (Å²) in [6.45, 7) is 4.27. The quantitative estimate of drug-likeness (QED) is 0.900. The van der Waals surface area contributed by atoms with Crippen LogP contribution in [-0.2, 0) is 0 Å². The zero-order chi connectivity index (χ0) is 10.6. The van der Waals surface area contributed by atoms with E-state index in [0.29, 0.717) is 13.0 Å². The Morgan fingerprint density at radius 1 is 1.50 bits per heavy atom. The predicted octanol–water partition coefficient (Wildman–Crippen LogP) is 2.91. The molecule has 0 saturated heterocycles. The van der Waals surface area contributed by atoms with E-state index in [0.717, 1.165) is 15.8 Å². The molecule has 3 heteroatoms. The summed E-state index contributed by atoms with van der Waals surface area (Å²) < 4.78 is 6.48. The molecule has 0 bridgehead atoms. The van der Waals surface area contributed by atoms with Gasteiger partial charge in [-0.15, -0.1) is 0 Å². The fraction of sp³-hybridized carbons (Fsp3) is 0.455. The van der Waals surface area contributed by atoms with Gasteiger partial charge in [-0.1, -0.05) is 28.9 Å². The summed E-state index contributed by atoms with van der Waals surface area (Å²) in [5.74, 6) is 0.826. The molecule has 2 nitrogen and oxygen atoms in total. The molecule has 1 aromatic carbocycles. The van der Waals surface area contributed by atoms with Crippen LogP contribution >= 0.6 is 15.9 Å². The Labute approximate surface area is 93.0 Å². The average Bonchev–Trinajstić information content (AvgIpc) is 2.19. The first-order valence-corrected chi connectivity index (χ1v) is 5.49. The summed E-state index contributed by atoms with van der Waals surface area (Å²) in [7, 11) is 0. The molecule has 1 N–H and O–H groups in total. The zero-order valence-electron chi connectivity index (χ0n) is 8.46. The van der Waals surface area contributed by atoms with E-state index in [1.165, 1.54) is 0 Å². The van der Waals surface area contributed by atoms with Crippen molar-refractivity contribution in [2.75, 3.05) is 6.61 Å². The van der Waals surface area contributed by atoms with Gasteiger partial charge in [0.05, 0.1) is 6.10 Å². The minimum atomic E-state index is -0.381. The highest BCUT2D eigenvalue weighted by Gasteiger charge is 2.04. The van der Waals surface area contributed by atoms with Crippen LogP contribution < -0.4 is 4.74 Å². The van der Waals surface area contributed by atoms with E-state index < -0.39 is 0 Å². The number of ether oxygens (including phenoxy) is 1. The Bertz CT molecular complexity index is 299. The molecule has 0 spiro atoms. The molecule has 0 saturated carbocycles. The zero-order valence-corrected chi connectivity index (χ0v) is 10.0. The van der Waals surface area contributed by atoms with Crippen molar-refractivity contribution >= 4 is 15.9 Å². The largest absolute Gasteiger partial charge is 0.491 e. The first kappa shape index (κ1) is 11.5. The normalized spacial score (nSPS) is 12.6. The van der Waals surface area contributed by atoms with Crippen molar-refractivity contribution in [2.45, 2.75) is 26.4 Å². The molecule has 1 unspecified atom stereocenters. The van der Waals surface area contributed by atoms with Crippen molar-refractivity contribution in [2.24, 2.45) is 0 Å². The minimum absolute atomic E-state index is 0.355. The van der Waals surface area contributed by atoms with Crippen LogP contribution in [-0.4, -0.2) is 17.8 Å². The number of hydrogen-bond donors (Lipinski definition) is 1.